The summed E-state index contributed by atoms with van der Waals surface area (Å²) in [5.74, 6) is -1.03. The molecule has 0 bridgehead atoms. The monoisotopic (exact) mass is 210 g/mol. The Morgan fingerprint density at radius 1 is 1.53 bits per heavy atom. The zero-order valence-corrected chi connectivity index (χ0v) is 8.01. The van der Waals surface area contributed by atoms with Gasteiger partial charge in [0.1, 0.15) is 12.0 Å². The largest absolute Gasteiger partial charge is 0.497 e. The molecule has 0 aromatic heterocycles. The lowest BCUT2D eigenvalue weighted by Gasteiger charge is -2.10. The number of carboxylic acid groups (broad SMARTS) is 1. The summed E-state index contributed by atoms with van der Waals surface area (Å²) in [6, 6.07) is 4.23. The van der Waals surface area contributed by atoms with Crippen LogP contribution < -0.4 is 4.74 Å². The van der Waals surface area contributed by atoms with Crippen LogP contribution in [0.5, 0.6) is 5.75 Å². The van der Waals surface area contributed by atoms with Crippen LogP contribution in [-0.2, 0) is 4.79 Å². The molecule has 0 saturated heterocycles. The minimum atomic E-state index is -1.72. The standard InChI is InChI=1S/C10H10O5/c1-15-7-3-2-6(5-11)8(4-7)9(12)10(13)14/h2-5,9,12H,1H3,(H,13,14). The highest BCUT2D eigenvalue weighted by molar-refractivity contribution is 5.83. The van der Waals surface area contributed by atoms with Gasteiger partial charge in [0.2, 0.25) is 0 Å². The van der Waals surface area contributed by atoms with Gasteiger partial charge in [-0.05, 0) is 18.2 Å². The van der Waals surface area contributed by atoms with Crippen LogP contribution in [0.15, 0.2) is 18.2 Å². The van der Waals surface area contributed by atoms with Crippen molar-refractivity contribution in [3.8, 4) is 5.75 Å². The summed E-state index contributed by atoms with van der Waals surface area (Å²) in [7, 11) is 1.41. The molecule has 15 heavy (non-hydrogen) atoms. The third-order valence-electron chi connectivity index (χ3n) is 1.95. The molecule has 5 heteroatoms. The average Bonchev–Trinajstić information content (AvgIpc) is 2.27. The van der Waals surface area contributed by atoms with E-state index in [1.807, 2.05) is 0 Å². The molecule has 0 amide bonds. The summed E-state index contributed by atoms with van der Waals surface area (Å²) in [4.78, 5) is 21.2. The van der Waals surface area contributed by atoms with Crippen molar-refractivity contribution in [2.24, 2.45) is 0 Å². The van der Waals surface area contributed by atoms with Crippen molar-refractivity contribution in [3.63, 3.8) is 0 Å². The minimum Gasteiger partial charge on any atom is -0.497 e. The molecule has 0 aliphatic heterocycles. The average molecular weight is 210 g/mol. The molecule has 1 rings (SSSR count). The van der Waals surface area contributed by atoms with E-state index in [0.29, 0.717) is 12.0 Å². The molecule has 0 saturated carbocycles. The third kappa shape index (κ3) is 2.32. The number of carboxylic acids is 1. The highest BCUT2D eigenvalue weighted by Crippen LogP contribution is 2.22. The lowest BCUT2D eigenvalue weighted by Crippen LogP contribution is -2.12. The van der Waals surface area contributed by atoms with Gasteiger partial charge in [-0.2, -0.15) is 0 Å². The van der Waals surface area contributed by atoms with Crippen LogP contribution in [0.1, 0.15) is 22.0 Å². The van der Waals surface area contributed by atoms with Crippen LogP contribution in [0, 0.1) is 0 Å². The Morgan fingerprint density at radius 3 is 2.67 bits per heavy atom. The van der Waals surface area contributed by atoms with Gasteiger partial charge in [0, 0.05) is 11.1 Å². The number of benzene rings is 1. The predicted molar refractivity (Wildman–Crippen MR) is 51.0 cm³/mol. The van der Waals surface area contributed by atoms with Gasteiger partial charge in [-0.25, -0.2) is 4.79 Å². The molecule has 1 aromatic rings. The van der Waals surface area contributed by atoms with E-state index in [-0.39, 0.29) is 11.1 Å². The van der Waals surface area contributed by atoms with Crippen LogP contribution in [0.3, 0.4) is 0 Å². The topological polar surface area (TPSA) is 83.8 Å². The quantitative estimate of drug-likeness (QED) is 0.712. The van der Waals surface area contributed by atoms with Crippen molar-refractivity contribution in [2.45, 2.75) is 6.10 Å². The molecule has 1 unspecified atom stereocenters. The van der Waals surface area contributed by atoms with E-state index in [1.54, 1.807) is 0 Å². The normalized spacial score (nSPS) is 11.9. The second kappa shape index (κ2) is 4.56. The summed E-state index contributed by atoms with van der Waals surface area (Å²) in [6.45, 7) is 0. The van der Waals surface area contributed by atoms with Gasteiger partial charge in [0.15, 0.2) is 6.10 Å². The first kappa shape index (κ1) is 11.2. The summed E-state index contributed by atoms with van der Waals surface area (Å²) in [6.07, 6.45) is -1.23. The molecule has 0 radical (unpaired) electrons. The summed E-state index contributed by atoms with van der Waals surface area (Å²) < 4.78 is 4.86. The number of methoxy groups -OCH3 is 1. The number of carbonyl (C=O) groups is 2. The smallest absolute Gasteiger partial charge is 0.337 e. The number of hydrogen-bond donors (Lipinski definition) is 2. The maximum absolute atomic E-state index is 10.6. The van der Waals surface area contributed by atoms with Gasteiger partial charge < -0.3 is 14.9 Å². The van der Waals surface area contributed by atoms with Crippen molar-refractivity contribution in [2.75, 3.05) is 7.11 Å². The second-order valence-corrected chi connectivity index (χ2v) is 2.85. The summed E-state index contributed by atoms with van der Waals surface area (Å²) in [5.41, 5.74) is 0.155. The number of hydrogen-bond acceptors (Lipinski definition) is 4. The van der Waals surface area contributed by atoms with Gasteiger partial charge in [-0.15, -0.1) is 0 Å². The van der Waals surface area contributed by atoms with Gasteiger partial charge in [-0.3, -0.25) is 4.79 Å². The predicted octanol–water partition coefficient (Wildman–Crippen LogP) is 0.626. The van der Waals surface area contributed by atoms with Crippen LogP contribution in [0.25, 0.3) is 0 Å². The number of aliphatic hydroxyl groups is 1. The summed E-state index contributed by atoms with van der Waals surface area (Å²) in [5, 5.41) is 17.9. The SMILES string of the molecule is COc1ccc(C=O)c(C(O)C(=O)O)c1. The number of carbonyl (C=O) groups excluding carboxylic acids is 1. The molecule has 0 aliphatic rings. The van der Waals surface area contributed by atoms with Gasteiger partial charge in [0.05, 0.1) is 7.11 Å². The summed E-state index contributed by atoms with van der Waals surface area (Å²) >= 11 is 0. The molecule has 0 spiro atoms. The molecule has 1 aromatic carbocycles. The van der Waals surface area contributed by atoms with Crippen molar-refractivity contribution in [1.29, 1.82) is 0 Å². The van der Waals surface area contributed by atoms with E-state index in [0.717, 1.165) is 0 Å². The minimum absolute atomic E-state index is 0.0249. The molecule has 0 fully saturated rings. The number of aliphatic hydroxyl groups excluding tert-OH is 1. The molecule has 0 aliphatic carbocycles. The van der Waals surface area contributed by atoms with Gasteiger partial charge in [0.25, 0.3) is 0 Å². The molecule has 2 N–H and O–H groups in total. The Morgan fingerprint density at radius 2 is 2.20 bits per heavy atom. The number of rotatable bonds is 4. The fraction of sp³-hybridized carbons (Fsp3) is 0.200. The van der Waals surface area contributed by atoms with Gasteiger partial charge >= 0.3 is 5.97 Å². The highest BCUT2D eigenvalue weighted by Gasteiger charge is 2.19. The first-order chi connectivity index (χ1) is 7.10. The van der Waals surface area contributed by atoms with Crippen LogP contribution in [0.4, 0.5) is 0 Å². The fourth-order valence-corrected chi connectivity index (χ4v) is 1.16. The third-order valence-corrected chi connectivity index (χ3v) is 1.95. The Bertz CT molecular complexity index is 385. The number of ether oxygens (including phenoxy) is 1. The Balaban J connectivity index is 3.22. The maximum atomic E-state index is 10.6. The zero-order chi connectivity index (χ0) is 11.4. The van der Waals surface area contributed by atoms with E-state index in [2.05, 4.69) is 0 Å². The maximum Gasteiger partial charge on any atom is 0.337 e. The fourth-order valence-electron chi connectivity index (χ4n) is 1.16. The number of aldehydes is 1. The lowest BCUT2D eigenvalue weighted by atomic mass is 10.0. The van der Waals surface area contributed by atoms with Crippen molar-refractivity contribution >= 4 is 12.3 Å². The van der Waals surface area contributed by atoms with Crippen LogP contribution in [0.2, 0.25) is 0 Å². The highest BCUT2D eigenvalue weighted by atomic mass is 16.5. The molecule has 80 valence electrons. The van der Waals surface area contributed by atoms with E-state index in [9.17, 15) is 14.7 Å². The Labute approximate surface area is 85.9 Å². The van der Waals surface area contributed by atoms with E-state index >= 15 is 0 Å². The van der Waals surface area contributed by atoms with Gasteiger partial charge in [-0.1, -0.05) is 0 Å². The Kier molecular flexibility index (Phi) is 3.41. The van der Waals surface area contributed by atoms with Crippen molar-refractivity contribution < 1.29 is 24.5 Å². The second-order valence-electron chi connectivity index (χ2n) is 2.85. The molecule has 5 nitrogen and oxygen atoms in total. The van der Waals surface area contributed by atoms with E-state index < -0.39 is 12.1 Å². The van der Waals surface area contributed by atoms with Crippen LogP contribution >= 0.6 is 0 Å². The van der Waals surface area contributed by atoms with Crippen LogP contribution in [-0.4, -0.2) is 29.6 Å². The zero-order valence-electron chi connectivity index (χ0n) is 8.01. The molecule has 0 heterocycles. The molecule has 1 atom stereocenters. The first-order valence-corrected chi connectivity index (χ1v) is 4.14. The molecular weight excluding hydrogens is 200 g/mol. The first-order valence-electron chi connectivity index (χ1n) is 4.14. The van der Waals surface area contributed by atoms with E-state index in [1.165, 1.54) is 25.3 Å². The van der Waals surface area contributed by atoms with E-state index in [4.69, 9.17) is 9.84 Å². The van der Waals surface area contributed by atoms with Crippen molar-refractivity contribution in [3.05, 3.63) is 29.3 Å². The lowest BCUT2D eigenvalue weighted by molar-refractivity contribution is -0.146. The molecular formula is C10H10O5. The Hall–Kier alpha value is -1.88. The number of aliphatic carboxylic acids is 1. The van der Waals surface area contributed by atoms with Crippen molar-refractivity contribution in [1.82, 2.24) is 0 Å².